The monoisotopic (exact) mass is 671 g/mol. The van der Waals surface area contributed by atoms with Crippen molar-refractivity contribution in [2.45, 2.75) is 117 Å². The Labute approximate surface area is 292 Å². The van der Waals surface area contributed by atoms with E-state index in [4.69, 9.17) is 10.1 Å². The molecule has 1 aromatic rings. The van der Waals surface area contributed by atoms with E-state index in [-0.39, 0.29) is 28.5 Å². The zero-order chi connectivity index (χ0) is 35.5. The maximum atomic E-state index is 15.5. The largest absolute Gasteiger partial charge is 0.373 e. The van der Waals surface area contributed by atoms with Gasteiger partial charge in [-0.1, -0.05) is 79.0 Å². The number of nitrogens with two attached hydrogens (primary N) is 1. The number of nitrogens with one attached hydrogen (secondary N) is 2. The van der Waals surface area contributed by atoms with Crippen LogP contribution in [0.3, 0.4) is 0 Å². The molecule has 0 bridgehead atoms. The fourth-order valence-corrected chi connectivity index (χ4v) is 8.49. The number of amides is 1. The highest BCUT2D eigenvalue weighted by Crippen LogP contribution is 2.65. The highest BCUT2D eigenvalue weighted by atomic mass is 19.1. The van der Waals surface area contributed by atoms with E-state index < -0.39 is 23.4 Å². The van der Waals surface area contributed by atoms with Gasteiger partial charge in [0.2, 0.25) is 0 Å². The number of allylic oxidation sites excluding steroid dienone is 6. The van der Waals surface area contributed by atoms with Crippen LogP contribution in [0.2, 0.25) is 0 Å². The molecule has 6 rings (SSSR count). The lowest BCUT2D eigenvalue weighted by molar-refractivity contribution is -0.104. The van der Waals surface area contributed by atoms with Crippen molar-refractivity contribution in [3.63, 3.8) is 0 Å². The number of carbonyl (C=O) groups is 1. The van der Waals surface area contributed by atoms with Crippen LogP contribution in [0.25, 0.3) is 0 Å². The minimum absolute atomic E-state index is 0.0232. The maximum Gasteiger partial charge on any atom is 0.259 e. The lowest BCUT2D eigenvalue weighted by Gasteiger charge is -2.38. The summed E-state index contributed by atoms with van der Waals surface area (Å²) in [5.74, 6) is -0.490. The number of benzene rings is 1. The summed E-state index contributed by atoms with van der Waals surface area (Å²) in [6.07, 6.45) is 16.3. The number of aliphatic hydroxyl groups is 1. The van der Waals surface area contributed by atoms with Crippen molar-refractivity contribution in [2.24, 2.45) is 16.7 Å². The summed E-state index contributed by atoms with van der Waals surface area (Å²) in [4.78, 5) is 15.7. The van der Waals surface area contributed by atoms with E-state index in [1.807, 2.05) is 32.7 Å². The molecule has 0 aromatic heterocycles. The minimum Gasteiger partial charge on any atom is -0.373 e. The van der Waals surface area contributed by atoms with E-state index >= 15 is 4.39 Å². The van der Waals surface area contributed by atoms with Gasteiger partial charge in [-0.25, -0.2) is 4.39 Å². The Hall–Kier alpha value is -3.33. The lowest BCUT2D eigenvalue weighted by atomic mass is 9.69. The normalized spacial score (nSPS) is 27.4. The number of likely N-dealkylation sites (N-methyl/N-ethyl adjacent to an activating group) is 1. The van der Waals surface area contributed by atoms with Crippen LogP contribution < -0.4 is 16.0 Å². The molecule has 3 aliphatic carbocycles. The van der Waals surface area contributed by atoms with Gasteiger partial charge in [-0.15, -0.1) is 0 Å². The van der Waals surface area contributed by atoms with Crippen LogP contribution >= 0.6 is 0 Å². The first-order valence-corrected chi connectivity index (χ1v) is 18.2. The molecule has 49 heavy (non-hydrogen) atoms. The van der Waals surface area contributed by atoms with Crippen LogP contribution in [0, 0.1) is 22.6 Å². The van der Waals surface area contributed by atoms with E-state index in [1.165, 1.54) is 37.1 Å². The predicted molar refractivity (Wildman–Crippen MR) is 193 cm³/mol. The van der Waals surface area contributed by atoms with E-state index in [1.54, 1.807) is 6.07 Å². The molecule has 2 fully saturated rings. The molecule has 1 amide bonds. The zero-order valence-electron chi connectivity index (χ0n) is 30.7. The Balaban J connectivity index is 1.26. The van der Waals surface area contributed by atoms with Gasteiger partial charge in [0, 0.05) is 17.0 Å². The maximum absolute atomic E-state index is 15.5. The Kier molecular flexibility index (Phi) is 9.48. The second-order valence-electron chi connectivity index (χ2n) is 16.4. The Morgan fingerprint density at radius 2 is 1.96 bits per heavy atom. The van der Waals surface area contributed by atoms with Crippen LogP contribution in [0.15, 0.2) is 70.2 Å². The van der Waals surface area contributed by atoms with Gasteiger partial charge in [0.05, 0.1) is 41.0 Å². The first-order chi connectivity index (χ1) is 23.1. The molecule has 8 heteroatoms. The van der Waals surface area contributed by atoms with Gasteiger partial charge in [0.1, 0.15) is 12.0 Å². The molecule has 7 nitrogen and oxygen atoms in total. The fourth-order valence-electron chi connectivity index (χ4n) is 8.49. The van der Waals surface area contributed by atoms with E-state index in [0.717, 1.165) is 53.1 Å². The molecule has 1 aromatic carbocycles. The number of aliphatic hydroxyl groups excluding tert-OH is 1. The quantitative estimate of drug-likeness (QED) is 0.230. The number of nitrogens with zero attached hydrogens (tertiary/aromatic N) is 1. The van der Waals surface area contributed by atoms with Gasteiger partial charge in [-0.05, 0) is 91.3 Å². The van der Waals surface area contributed by atoms with Crippen molar-refractivity contribution in [3.05, 3.63) is 92.8 Å². The number of unbranched alkanes of at least 4 members (excludes halogenated alkanes) is 1. The molecule has 5 atom stereocenters. The second kappa shape index (κ2) is 13.1. The smallest absolute Gasteiger partial charge is 0.259 e. The molecule has 5 N–H and O–H groups in total. The third kappa shape index (κ3) is 6.19. The van der Waals surface area contributed by atoms with Gasteiger partial charge < -0.3 is 20.5 Å². The van der Waals surface area contributed by atoms with Crippen LogP contribution in [-0.4, -0.2) is 54.2 Å². The van der Waals surface area contributed by atoms with Crippen molar-refractivity contribution >= 4 is 12.1 Å². The average Bonchev–Trinajstić information content (AvgIpc) is 3.74. The highest BCUT2D eigenvalue weighted by molar-refractivity contribution is 6.02. The molecular formula is C41H56FN4O3+. The summed E-state index contributed by atoms with van der Waals surface area (Å²) in [6, 6.07) is 3.20. The minimum atomic E-state index is -0.789. The van der Waals surface area contributed by atoms with E-state index in [2.05, 4.69) is 62.6 Å². The predicted octanol–water partition coefficient (Wildman–Crippen LogP) is 5.97. The molecule has 2 aliphatic heterocycles. The molecule has 2 heterocycles. The summed E-state index contributed by atoms with van der Waals surface area (Å²) in [5, 5.41) is 24.0. The first-order valence-electron chi connectivity index (χ1n) is 18.2. The van der Waals surface area contributed by atoms with Crippen molar-refractivity contribution < 1.29 is 24.4 Å². The van der Waals surface area contributed by atoms with Gasteiger partial charge in [-0.2, -0.15) is 0 Å². The topological polar surface area (TPSA) is 99.4 Å². The van der Waals surface area contributed by atoms with Crippen molar-refractivity contribution in [2.75, 3.05) is 13.7 Å². The van der Waals surface area contributed by atoms with Crippen LogP contribution in [0.5, 0.6) is 0 Å². The second-order valence-corrected chi connectivity index (χ2v) is 16.4. The van der Waals surface area contributed by atoms with Gasteiger partial charge in [0.15, 0.2) is 6.21 Å². The molecule has 264 valence electrons. The van der Waals surface area contributed by atoms with E-state index in [9.17, 15) is 9.90 Å². The fraction of sp³-hybridized carbons (Fsp3) is 0.561. The summed E-state index contributed by atoms with van der Waals surface area (Å²) >= 11 is 0. The number of hydrogen-bond acceptors (Lipinski definition) is 5. The Morgan fingerprint density at radius 1 is 1.20 bits per heavy atom. The Bertz CT molecular complexity index is 1690. The summed E-state index contributed by atoms with van der Waals surface area (Å²) in [7, 11) is 1.95. The van der Waals surface area contributed by atoms with Gasteiger partial charge in [-0.3, -0.25) is 15.1 Å². The summed E-state index contributed by atoms with van der Waals surface area (Å²) in [6.45, 7) is 15.7. The van der Waals surface area contributed by atoms with Crippen LogP contribution in [-0.2, 0) is 10.2 Å². The van der Waals surface area contributed by atoms with Crippen LogP contribution in [0.4, 0.5) is 4.39 Å². The molecule has 1 saturated carbocycles. The number of hydrogen-bond donors (Lipinski definition) is 4. The number of ether oxygens (including phenoxy) is 1. The molecule has 5 aliphatic rings. The van der Waals surface area contributed by atoms with Crippen molar-refractivity contribution in [1.82, 2.24) is 15.5 Å². The third-order valence-electron chi connectivity index (χ3n) is 12.1. The van der Waals surface area contributed by atoms with Gasteiger partial charge >= 0.3 is 0 Å². The van der Waals surface area contributed by atoms with Crippen molar-refractivity contribution in [1.29, 1.82) is 0 Å². The number of halogens is 1. The number of rotatable bonds is 10. The van der Waals surface area contributed by atoms with Crippen LogP contribution in [0.1, 0.15) is 115 Å². The summed E-state index contributed by atoms with van der Waals surface area (Å²) in [5.41, 5.74) is 6.65. The standard InChI is InChI=1S/C41H55FN4O3/c1-9-10-12-24(2)40(6,7)26-15-17-28(18-16-26)44-33-21-41-30-13-11-14-32(29(30)23-49-36(41)35(41)46(8)38(33)48)45-37(47)34-25(22-43)19-27(20-31(34)42)39(3,4)5/h13,15,17,19-22,24,35-36,38,43-44,48H,9-12,14,16,18,23H2,1-8H3,(H,45,47)/p+1/t24-,35?,36-,38?,41?/m1/s1. The first kappa shape index (κ1) is 35.5. The average molecular weight is 672 g/mol. The van der Waals surface area contributed by atoms with E-state index in [0.29, 0.717) is 24.5 Å². The molecular weight excluding hydrogens is 615 g/mol. The molecule has 0 radical (unpaired) electrons. The lowest BCUT2D eigenvalue weighted by Crippen LogP contribution is -2.45. The Morgan fingerprint density at radius 3 is 2.61 bits per heavy atom. The SMILES string of the molecule is CCCC[C@@H](C)C(C)(C)C1=CC=C(NC2=CC34C5=CCCC(NC(=O)c6c(F)cc(C(C)(C)C)cc6C=[NH2+])=C5CO[C@@H]3C4N(C)C2O)CC1. The zero-order valence-corrected chi connectivity index (χ0v) is 30.7. The molecule has 1 saturated heterocycles. The van der Waals surface area contributed by atoms with Crippen molar-refractivity contribution in [3.8, 4) is 0 Å². The molecule has 3 unspecified atom stereocenters. The number of fused-ring (bicyclic) bond motifs is 2. The van der Waals surface area contributed by atoms with Gasteiger partial charge in [0.25, 0.3) is 5.91 Å². The summed E-state index contributed by atoms with van der Waals surface area (Å²) < 4.78 is 21.9. The number of carbonyl (C=O) groups excluding carboxylic acids is 1. The molecule has 1 spiro atoms. The highest BCUT2D eigenvalue weighted by Gasteiger charge is 2.73. The third-order valence-corrected chi connectivity index (χ3v) is 12.1.